The van der Waals surface area contributed by atoms with Gasteiger partial charge in [-0.25, -0.2) is 8.42 Å². The molecule has 5 N–H and O–H groups in total. The molecule has 2 aromatic rings. The molecular formula is C22H26N2O9S. The van der Waals surface area contributed by atoms with Crippen LogP contribution in [0.15, 0.2) is 36.5 Å². The molecule has 12 heteroatoms. The Kier molecular flexibility index (Phi) is 6.48. The number of hydrogen-bond donors (Lipinski definition) is 5. The number of sulfonamides is 1. The molecule has 34 heavy (non-hydrogen) atoms. The Hall–Kier alpha value is -2.48. The smallest absolute Gasteiger partial charge is 0.306 e. The average Bonchev–Trinajstić information content (AvgIpc) is 2.82. The van der Waals surface area contributed by atoms with Gasteiger partial charge >= 0.3 is 5.97 Å². The fourth-order valence-corrected chi connectivity index (χ4v) is 6.57. The van der Waals surface area contributed by atoms with E-state index in [1.54, 1.807) is 24.3 Å². The van der Waals surface area contributed by atoms with Gasteiger partial charge in [0.1, 0.15) is 6.10 Å². The van der Waals surface area contributed by atoms with E-state index in [1.165, 1.54) is 12.3 Å². The summed E-state index contributed by atoms with van der Waals surface area (Å²) < 4.78 is 27.3. The lowest BCUT2D eigenvalue weighted by atomic mass is 9.68. The van der Waals surface area contributed by atoms with E-state index in [0.717, 1.165) is 4.31 Å². The van der Waals surface area contributed by atoms with Crippen molar-refractivity contribution in [3.05, 3.63) is 42.1 Å². The largest absolute Gasteiger partial charge is 0.481 e. The van der Waals surface area contributed by atoms with Crippen molar-refractivity contribution in [1.82, 2.24) is 9.29 Å². The Bertz CT molecular complexity index is 1210. The van der Waals surface area contributed by atoms with E-state index >= 15 is 0 Å². The van der Waals surface area contributed by atoms with Crippen LogP contribution in [0, 0.1) is 5.92 Å². The van der Waals surface area contributed by atoms with Gasteiger partial charge in [0.15, 0.2) is 5.60 Å². The predicted molar refractivity (Wildman–Crippen MR) is 118 cm³/mol. The SMILES string of the molecule is O=C(O)C1CCN(S(=O)(=O)C(=O)C2(O)C[C@@H](O)C(O)[C@H](O)C2c2cccc3cccnc23)CC1. The molecule has 2 fully saturated rings. The zero-order valence-corrected chi connectivity index (χ0v) is 18.9. The number of nitrogens with zero attached hydrogens (tertiary/aromatic N) is 2. The van der Waals surface area contributed by atoms with Crippen LogP contribution in [0.5, 0.6) is 0 Å². The lowest BCUT2D eigenvalue weighted by Gasteiger charge is -2.46. The number of benzene rings is 1. The first-order valence-electron chi connectivity index (χ1n) is 10.9. The molecule has 5 atom stereocenters. The molecular weight excluding hydrogens is 468 g/mol. The van der Waals surface area contributed by atoms with Crippen molar-refractivity contribution in [2.45, 2.75) is 49.1 Å². The Morgan fingerprint density at radius 1 is 1.03 bits per heavy atom. The van der Waals surface area contributed by atoms with Gasteiger partial charge in [-0.3, -0.25) is 14.6 Å². The molecule has 1 aliphatic heterocycles. The summed E-state index contributed by atoms with van der Waals surface area (Å²) in [4.78, 5) is 28.9. The first-order valence-corrected chi connectivity index (χ1v) is 12.3. The zero-order valence-electron chi connectivity index (χ0n) is 18.1. The van der Waals surface area contributed by atoms with Crippen molar-refractivity contribution < 1.29 is 43.5 Å². The Morgan fingerprint density at radius 3 is 2.32 bits per heavy atom. The molecule has 1 aromatic carbocycles. The molecule has 3 unspecified atom stereocenters. The minimum atomic E-state index is -4.80. The molecule has 1 aliphatic carbocycles. The molecule has 0 amide bonds. The third-order valence-corrected chi connectivity index (χ3v) is 8.72. The number of aliphatic carboxylic acids is 1. The minimum absolute atomic E-state index is 0.000900. The number of fused-ring (bicyclic) bond motifs is 1. The second-order valence-corrected chi connectivity index (χ2v) is 10.7. The van der Waals surface area contributed by atoms with Gasteiger partial charge in [0.05, 0.1) is 29.6 Å². The standard InChI is InChI=1S/C22H26N2O9S/c25-15-11-22(31,21(30)34(32,33)24-9-6-13(7-10-24)20(28)29)16(19(27)18(15)26)14-5-1-3-12-4-2-8-23-17(12)14/h1-5,8,13,15-16,18-19,25-27,31H,6-7,9-11H2,(H,28,29)/t15-,16?,18?,19-,22?/m1/s1. The van der Waals surface area contributed by atoms with Crippen molar-refractivity contribution in [2.24, 2.45) is 5.92 Å². The van der Waals surface area contributed by atoms with Gasteiger partial charge in [-0.05, 0) is 24.5 Å². The molecule has 1 saturated carbocycles. The van der Waals surface area contributed by atoms with E-state index in [-0.39, 0.29) is 31.5 Å². The van der Waals surface area contributed by atoms with Gasteiger partial charge in [0.2, 0.25) is 0 Å². The Labute approximate surface area is 195 Å². The summed E-state index contributed by atoms with van der Waals surface area (Å²) in [6.45, 7) is -0.454. The maximum Gasteiger partial charge on any atom is 0.306 e. The van der Waals surface area contributed by atoms with Gasteiger partial charge in [0.25, 0.3) is 15.1 Å². The molecule has 2 heterocycles. The van der Waals surface area contributed by atoms with Crippen LogP contribution >= 0.6 is 0 Å². The maximum atomic E-state index is 13.5. The second kappa shape index (κ2) is 8.95. The highest BCUT2D eigenvalue weighted by atomic mass is 32.2. The predicted octanol–water partition coefficient (Wildman–Crippen LogP) is -0.811. The first-order chi connectivity index (χ1) is 16.0. The van der Waals surface area contributed by atoms with Crippen molar-refractivity contribution in [1.29, 1.82) is 0 Å². The van der Waals surface area contributed by atoms with Gasteiger partial charge < -0.3 is 25.5 Å². The summed E-state index contributed by atoms with van der Waals surface area (Å²) in [5.41, 5.74) is -2.34. The van der Waals surface area contributed by atoms with Crippen molar-refractivity contribution in [2.75, 3.05) is 13.1 Å². The summed E-state index contributed by atoms with van der Waals surface area (Å²) in [6, 6.07) is 8.12. The number of piperidine rings is 1. The number of aliphatic hydroxyl groups is 4. The van der Waals surface area contributed by atoms with Crippen LogP contribution in [0.1, 0.15) is 30.7 Å². The van der Waals surface area contributed by atoms with Crippen LogP contribution in [0.4, 0.5) is 0 Å². The van der Waals surface area contributed by atoms with Crippen LogP contribution in [-0.4, -0.2) is 91.3 Å². The molecule has 11 nitrogen and oxygen atoms in total. The molecule has 0 radical (unpaired) electrons. The third-order valence-electron chi connectivity index (χ3n) is 6.85. The second-order valence-electron chi connectivity index (χ2n) is 8.88. The lowest BCUT2D eigenvalue weighted by molar-refractivity contribution is -0.174. The van der Waals surface area contributed by atoms with E-state index in [2.05, 4.69) is 4.98 Å². The first kappa shape index (κ1) is 24.6. The summed E-state index contributed by atoms with van der Waals surface area (Å²) in [7, 11) is -4.80. The summed E-state index contributed by atoms with van der Waals surface area (Å²) in [5.74, 6) is -3.41. The summed E-state index contributed by atoms with van der Waals surface area (Å²) in [6.07, 6.45) is -4.76. The molecule has 1 aromatic heterocycles. The van der Waals surface area contributed by atoms with E-state index in [1.807, 2.05) is 0 Å². The number of aliphatic hydroxyl groups excluding tert-OH is 3. The molecule has 0 bridgehead atoms. The topological polar surface area (TPSA) is 186 Å². The van der Waals surface area contributed by atoms with Crippen molar-refractivity contribution in [3.8, 4) is 0 Å². The number of carboxylic acid groups (broad SMARTS) is 1. The fourth-order valence-electron chi connectivity index (χ4n) is 4.99. The number of hydrogen-bond acceptors (Lipinski definition) is 9. The fraction of sp³-hybridized carbons (Fsp3) is 0.500. The van der Waals surface area contributed by atoms with Gasteiger partial charge in [-0.2, -0.15) is 4.31 Å². The number of carbonyl (C=O) groups is 2. The normalized spacial score (nSPS) is 31.4. The number of carbonyl (C=O) groups excluding carboxylic acids is 1. The van der Waals surface area contributed by atoms with Crippen LogP contribution in [0.3, 0.4) is 0 Å². The molecule has 2 aliphatic rings. The molecule has 1 saturated heterocycles. The minimum Gasteiger partial charge on any atom is -0.481 e. The van der Waals surface area contributed by atoms with Crippen LogP contribution in [0.2, 0.25) is 0 Å². The van der Waals surface area contributed by atoms with E-state index < -0.39 is 63.3 Å². The van der Waals surface area contributed by atoms with Crippen molar-refractivity contribution >= 4 is 32.0 Å². The summed E-state index contributed by atoms with van der Waals surface area (Å²) in [5, 5.41) is 51.2. The van der Waals surface area contributed by atoms with Gasteiger partial charge in [-0.15, -0.1) is 0 Å². The Morgan fingerprint density at radius 2 is 1.68 bits per heavy atom. The van der Waals surface area contributed by atoms with E-state index in [0.29, 0.717) is 10.9 Å². The highest BCUT2D eigenvalue weighted by molar-refractivity contribution is 8.04. The van der Waals surface area contributed by atoms with E-state index in [9.17, 15) is 38.4 Å². The molecule has 184 valence electrons. The molecule has 0 spiro atoms. The lowest BCUT2D eigenvalue weighted by Crippen LogP contribution is -2.64. The zero-order chi connectivity index (χ0) is 24.8. The van der Waals surface area contributed by atoms with E-state index in [4.69, 9.17) is 5.11 Å². The molecule has 4 rings (SSSR count). The van der Waals surface area contributed by atoms with Gasteiger partial charge in [0, 0.05) is 31.1 Å². The third kappa shape index (κ3) is 4.00. The highest BCUT2D eigenvalue weighted by Crippen LogP contribution is 2.45. The Balaban J connectivity index is 1.77. The maximum absolute atomic E-state index is 13.5. The average molecular weight is 495 g/mol. The highest BCUT2D eigenvalue weighted by Gasteiger charge is 2.60. The van der Waals surface area contributed by atoms with Crippen LogP contribution in [0.25, 0.3) is 10.9 Å². The number of aromatic nitrogens is 1. The quantitative estimate of drug-likeness (QED) is 0.360. The number of pyridine rings is 1. The van der Waals surface area contributed by atoms with Crippen molar-refractivity contribution in [3.63, 3.8) is 0 Å². The number of carboxylic acids is 1. The number of para-hydroxylation sites is 1. The van der Waals surface area contributed by atoms with Gasteiger partial charge in [-0.1, -0.05) is 24.3 Å². The monoisotopic (exact) mass is 494 g/mol. The van der Waals surface area contributed by atoms with Crippen LogP contribution in [-0.2, 0) is 19.6 Å². The number of rotatable bonds is 4. The van der Waals surface area contributed by atoms with Crippen LogP contribution < -0.4 is 0 Å². The summed E-state index contributed by atoms with van der Waals surface area (Å²) >= 11 is 0.